The molecule has 0 radical (unpaired) electrons. The Kier molecular flexibility index (Phi) is 2.96. The van der Waals surface area contributed by atoms with Crippen molar-refractivity contribution in [2.45, 2.75) is 31.4 Å². The minimum Gasteiger partial charge on any atom is -0.444 e. The van der Waals surface area contributed by atoms with Crippen LogP contribution in [-0.2, 0) is 4.74 Å². The molecule has 0 N–H and O–H groups in total. The number of furan rings is 1. The van der Waals surface area contributed by atoms with Gasteiger partial charge in [-0.2, -0.15) is 0 Å². The molecule has 1 aromatic rings. The van der Waals surface area contributed by atoms with Crippen LogP contribution in [-0.4, -0.2) is 36.1 Å². The van der Waals surface area contributed by atoms with Crippen LogP contribution in [0.5, 0.6) is 0 Å². The van der Waals surface area contributed by atoms with Gasteiger partial charge in [0.15, 0.2) is 10.4 Å². The number of morpholine rings is 1. The fraction of sp³-hybridized carbons (Fsp3) is 0.583. The number of rotatable bonds is 1. The molecule has 2 atom stereocenters. The lowest BCUT2D eigenvalue weighted by atomic mass is 10.1. The Hall–Kier alpha value is -0.810. The van der Waals surface area contributed by atoms with Gasteiger partial charge in [0, 0.05) is 6.54 Å². The Labute approximate surface area is 108 Å². The van der Waals surface area contributed by atoms with Crippen molar-refractivity contribution in [2.24, 2.45) is 0 Å². The van der Waals surface area contributed by atoms with Crippen molar-refractivity contribution in [1.29, 1.82) is 0 Å². The molecule has 17 heavy (non-hydrogen) atoms. The Morgan fingerprint density at radius 1 is 1.41 bits per heavy atom. The van der Waals surface area contributed by atoms with Gasteiger partial charge in [-0.15, -0.1) is 0 Å². The molecule has 1 aromatic heterocycles. The Morgan fingerprint density at radius 2 is 2.29 bits per heavy atom. The van der Waals surface area contributed by atoms with Crippen LogP contribution >= 0.6 is 15.9 Å². The van der Waals surface area contributed by atoms with Crippen molar-refractivity contribution in [3.8, 4) is 0 Å². The molecule has 3 rings (SSSR count). The predicted octanol–water partition coefficient (Wildman–Crippen LogP) is 2.44. The van der Waals surface area contributed by atoms with Crippen LogP contribution in [0.3, 0.4) is 0 Å². The molecule has 1 amide bonds. The molecule has 2 aliphatic rings. The van der Waals surface area contributed by atoms with E-state index in [1.54, 1.807) is 12.1 Å². The van der Waals surface area contributed by atoms with Gasteiger partial charge >= 0.3 is 0 Å². The highest BCUT2D eigenvalue weighted by molar-refractivity contribution is 9.10. The number of hydrogen-bond acceptors (Lipinski definition) is 3. The number of halogens is 1. The average molecular weight is 300 g/mol. The molecule has 0 unspecified atom stereocenters. The molecule has 1 aliphatic heterocycles. The summed E-state index contributed by atoms with van der Waals surface area (Å²) in [6.07, 6.45) is 3.47. The van der Waals surface area contributed by atoms with Crippen LogP contribution in [0.1, 0.15) is 29.8 Å². The second-order valence-electron chi connectivity index (χ2n) is 4.51. The van der Waals surface area contributed by atoms with Gasteiger partial charge in [-0.1, -0.05) is 0 Å². The van der Waals surface area contributed by atoms with Gasteiger partial charge in [0.1, 0.15) is 0 Å². The quantitative estimate of drug-likeness (QED) is 0.800. The molecule has 0 spiro atoms. The largest absolute Gasteiger partial charge is 0.444 e. The summed E-state index contributed by atoms with van der Waals surface area (Å²) in [5, 5.41) is 0. The highest BCUT2D eigenvalue weighted by Crippen LogP contribution is 2.31. The van der Waals surface area contributed by atoms with Gasteiger partial charge in [0.2, 0.25) is 0 Å². The van der Waals surface area contributed by atoms with Gasteiger partial charge in [0.05, 0.1) is 18.8 Å². The summed E-state index contributed by atoms with van der Waals surface area (Å²) >= 11 is 3.22. The lowest BCUT2D eigenvalue weighted by Gasteiger charge is -2.37. The van der Waals surface area contributed by atoms with Crippen LogP contribution in [0.25, 0.3) is 0 Å². The summed E-state index contributed by atoms with van der Waals surface area (Å²) < 4.78 is 11.6. The van der Waals surface area contributed by atoms with Crippen LogP contribution in [0.15, 0.2) is 21.2 Å². The summed E-state index contributed by atoms with van der Waals surface area (Å²) in [5.74, 6) is 0.389. The summed E-state index contributed by atoms with van der Waals surface area (Å²) in [6.45, 7) is 1.30. The van der Waals surface area contributed by atoms with Crippen LogP contribution in [0.4, 0.5) is 0 Å². The number of fused-ring (bicyclic) bond motifs is 1. The monoisotopic (exact) mass is 299 g/mol. The lowest BCUT2D eigenvalue weighted by Crippen LogP contribution is -2.51. The van der Waals surface area contributed by atoms with E-state index in [1.807, 2.05) is 4.90 Å². The highest BCUT2D eigenvalue weighted by atomic mass is 79.9. The molecular weight excluding hydrogens is 286 g/mol. The van der Waals surface area contributed by atoms with E-state index >= 15 is 0 Å². The fourth-order valence-electron chi connectivity index (χ4n) is 2.75. The first-order chi connectivity index (χ1) is 8.25. The van der Waals surface area contributed by atoms with Gasteiger partial charge in [0.25, 0.3) is 5.91 Å². The van der Waals surface area contributed by atoms with Crippen molar-refractivity contribution in [1.82, 2.24) is 4.90 Å². The van der Waals surface area contributed by atoms with Gasteiger partial charge in [-0.25, -0.2) is 0 Å². The molecule has 1 saturated heterocycles. The van der Waals surface area contributed by atoms with E-state index < -0.39 is 0 Å². The molecule has 4 nitrogen and oxygen atoms in total. The third-order valence-corrected chi connectivity index (χ3v) is 3.95. The average Bonchev–Trinajstić information content (AvgIpc) is 2.95. The zero-order chi connectivity index (χ0) is 11.8. The van der Waals surface area contributed by atoms with Gasteiger partial charge in [-0.05, 0) is 47.3 Å². The molecule has 1 aliphatic carbocycles. The van der Waals surface area contributed by atoms with Crippen LogP contribution in [0.2, 0.25) is 0 Å². The topological polar surface area (TPSA) is 42.7 Å². The number of ether oxygens (including phenoxy) is 1. The second kappa shape index (κ2) is 4.46. The number of nitrogens with zero attached hydrogens (tertiary/aromatic N) is 1. The van der Waals surface area contributed by atoms with Crippen LogP contribution in [0, 0.1) is 0 Å². The van der Waals surface area contributed by atoms with E-state index in [9.17, 15) is 4.79 Å². The predicted molar refractivity (Wildman–Crippen MR) is 64.8 cm³/mol. The lowest BCUT2D eigenvalue weighted by molar-refractivity contribution is -0.0454. The van der Waals surface area contributed by atoms with Crippen LogP contribution < -0.4 is 0 Å². The van der Waals surface area contributed by atoms with Crippen molar-refractivity contribution in [3.05, 3.63) is 22.6 Å². The molecule has 1 saturated carbocycles. The van der Waals surface area contributed by atoms with Crippen molar-refractivity contribution >= 4 is 21.8 Å². The summed E-state index contributed by atoms with van der Waals surface area (Å²) in [5.41, 5.74) is 0. The smallest absolute Gasteiger partial charge is 0.290 e. The molecule has 0 bridgehead atoms. The zero-order valence-electron chi connectivity index (χ0n) is 9.39. The number of carbonyl (C=O) groups excluding carboxylic acids is 1. The highest BCUT2D eigenvalue weighted by Gasteiger charge is 2.39. The fourth-order valence-corrected chi connectivity index (χ4v) is 3.06. The summed E-state index contributed by atoms with van der Waals surface area (Å²) in [7, 11) is 0. The first-order valence-electron chi connectivity index (χ1n) is 5.93. The maximum absolute atomic E-state index is 12.3. The number of amides is 1. The van der Waals surface area contributed by atoms with E-state index in [2.05, 4.69) is 15.9 Å². The van der Waals surface area contributed by atoms with E-state index in [1.165, 1.54) is 0 Å². The third kappa shape index (κ3) is 2.02. The molecule has 5 heteroatoms. The van der Waals surface area contributed by atoms with Crippen molar-refractivity contribution in [2.75, 3.05) is 13.2 Å². The summed E-state index contributed by atoms with van der Waals surface area (Å²) in [4.78, 5) is 14.2. The van der Waals surface area contributed by atoms with E-state index in [4.69, 9.17) is 9.15 Å². The molecule has 2 heterocycles. The third-order valence-electron chi connectivity index (χ3n) is 3.53. The summed E-state index contributed by atoms with van der Waals surface area (Å²) in [6, 6.07) is 3.70. The first kappa shape index (κ1) is 11.3. The maximum Gasteiger partial charge on any atom is 0.290 e. The van der Waals surface area contributed by atoms with Gasteiger partial charge in [-0.3, -0.25) is 4.79 Å². The minimum atomic E-state index is -0.0177. The zero-order valence-corrected chi connectivity index (χ0v) is 11.0. The SMILES string of the molecule is O=C(c1ccc(Br)o1)N1CCO[C@H]2CCC[C@@H]21. The van der Waals surface area contributed by atoms with E-state index in [0.29, 0.717) is 23.6 Å². The van der Waals surface area contributed by atoms with E-state index in [0.717, 1.165) is 19.3 Å². The van der Waals surface area contributed by atoms with Crippen molar-refractivity contribution in [3.63, 3.8) is 0 Å². The number of hydrogen-bond donors (Lipinski definition) is 0. The Morgan fingerprint density at radius 3 is 3.06 bits per heavy atom. The second-order valence-corrected chi connectivity index (χ2v) is 5.29. The minimum absolute atomic E-state index is 0.0177. The Bertz CT molecular complexity index is 431. The van der Waals surface area contributed by atoms with E-state index in [-0.39, 0.29) is 18.1 Å². The Balaban J connectivity index is 1.81. The standard InChI is InChI=1S/C12H14BrNO3/c13-11-5-4-10(17-11)12(15)14-6-7-16-9-3-1-2-8(9)14/h4-5,8-9H,1-3,6-7H2/t8-,9-/m0/s1. The molecule has 2 fully saturated rings. The maximum atomic E-state index is 12.3. The van der Waals surface area contributed by atoms with Crippen molar-refractivity contribution < 1.29 is 13.9 Å². The molecule has 0 aromatic carbocycles. The normalized spacial score (nSPS) is 28.2. The molecular formula is C12H14BrNO3. The van der Waals surface area contributed by atoms with Gasteiger partial charge < -0.3 is 14.1 Å². The number of carbonyl (C=O) groups is 1. The molecule has 92 valence electrons. The first-order valence-corrected chi connectivity index (χ1v) is 6.73.